The van der Waals surface area contributed by atoms with E-state index in [4.69, 9.17) is 11.6 Å². The molecule has 0 aromatic heterocycles. The molecule has 4 nitrogen and oxygen atoms in total. The van der Waals surface area contributed by atoms with Crippen LogP contribution in [0.2, 0.25) is 5.02 Å². The van der Waals surface area contributed by atoms with Gasteiger partial charge in [0.25, 0.3) is 10.0 Å². The van der Waals surface area contributed by atoms with Gasteiger partial charge < -0.3 is 0 Å². The van der Waals surface area contributed by atoms with Gasteiger partial charge in [0.2, 0.25) is 0 Å². The summed E-state index contributed by atoms with van der Waals surface area (Å²) in [6, 6.07) is 13.6. The molecule has 0 aliphatic carbocycles. The Hall–Kier alpha value is -1.85. The van der Waals surface area contributed by atoms with Crippen molar-refractivity contribution in [3.8, 4) is 0 Å². The van der Waals surface area contributed by atoms with E-state index in [0.29, 0.717) is 10.7 Å². The molecule has 0 heterocycles. The molecule has 0 spiro atoms. The average molecular weight is 323 g/mol. The Morgan fingerprint density at radius 3 is 2.19 bits per heavy atom. The number of halogens is 1. The molecule has 0 aliphatic rings. The van der Waals surface area contributed by atoms with Crippen LogP contribution in [0, 0.1) is 6.92 Å². The van der Waals surface area contributed by atoms with E-state index in [1.54, 1.807) is 55.5 Å². The van der Waals surface area contributed by atoms with E-state index >= 15 is 0 Å². The highest BCUT2D eigenvalue weighted by molar-refractivity contribution is 7.89. The molecule has 0 saturated carbocycles. The second kappa shape index (κ2) is 6.28. The number of hydrogen-bond acceptors (Lipinski definition) is 3. The van der Waals surface area contributed by atoms with Crippen LogP contribution in [0.25, 0.3) is 0 Å². The fourth-order valence-electron chi connectivity index (χ4n) is 1.65. The van der Waals surface area contributed by atoms with Gasteiger partial charge in [-0.25, -0.2) is 0 Å². The lowest BCUT2D eigenvalue weighted by atomic mass is 10.1. The summed E-state index contributed by atoms with van der Waals surface area (Å²) < 4.78 is 24.2. The maximum absolute atomic E-state index is 12.1. The van der Waals surface area contributed by atoms with Crippen LogP contribution in [0.15, 0.2) is 58.5 Å². The van der Waals surface area contributed by atoms with Crippen LogP contribution >= 0.6 is 11.6 Å². The van der Waals surface area contributed by atoms with Gasteiger partial charge in [0.1, 0.15) is 0 Å². The zero-order valence-corrected chi connectivity index (χ0v) is 13.2. The van der Waals surface area contributed by atoms with E-state index in [-0.39, 0.29) is 4.90 Å². The first kappa shape index (κ1) is 15.5. The van der Waals surface area contributed by atoms with Crippen molar-refractivity contribution < 1.29 is 8.42 Å². The molecule has 0 amide bonds. The first-order valence-electron chi connectivity index (χ1n) is 6.27. The van der Waals surface area contributed by atoms with Gasteiger partial charge in [-0.05, 0) is 43.7 Å². The van der Waals surface area contributed by atoms with E-state index in [2.05, 4.69) is 9.93 Å². The molecule has 0 bridgehead atoms. The predicted octanol–water partition coefficient (Wildman–Crippen LogP) is 3.35. The van der Waals surface area contributed by atoms with Crippen LogP contribution in [0.4, 0.5) is 0 Å². The smallest absolute Gasteiger partial charge is 0.200 e. The largest absolute Gasteiger partial charge is 0.276 e. The van der Waals surface area contributed by atoms with Gasteiger partial charge in [0.05, 0.1) is 10.6 Å². The number of nitrogens with zero attached hydrogens (tertiary/aromatic N) is 1. The topological polar surface area (TPSA) is 58.5 Å². The number of hydrogen-bond donors (Lipinski definition) is 1. The second-order valence-corrected chi connectivity index (χ2v) is 6.71. The monoisotopic (exact) mass is 322 g/mol. The third kappa shape index (κ3) is 4.06. The van der Waals surface area contributed by atoms with Crippen LogP contribution in [0.1, 0.15) is 18.1 Å². The van der Waals surface area contributed by atoms with Gasteiger partial charge in [-0.1, -0.05) is 41.4 Å². The van der Waals surface area contributed by atoms with Crippen LogP contribution in [0.5, 0.6) is 0 Å². The highest BCUT2D eigenvalue weighted by Crippen LogP contribution is 2.12. The molecule has 2 aromatic carbocycles. The van der Waals surface area contributed by atoms with E-state index in [0.717, 1.165) is 11.1 Å². The molecule has 6 heteroatoms. The number of hydrazone groups is 1. The van der Waals surface area contributed by atoms with Crippen LogP contribution in [-0.4, -0.2) is 14.1 Å². The van der Waals surface area contributed by atoms with Crippen molar-refractivity contribution in [2.45, 2.75) is 18.7 Å². The molecule has 21 heavy (non-hydrogen) atoms. The van der Waals surface area contributed by atoms with E-state index in [1.165, 1.54) is 0 Å². The van der Waals surface area contributed by atoms with Crippen molar-refractivity contribution in [2.75, 3.05) is 0 Å². The standard InChI is InChI=1S/C15H15ClN2O2S/c1-11-3-9-15(10-4-11)21(19,20)18-17-12(2)13-5-7-14(16)8-6-13/h3-10,18H,1-2H3. The van der Waals surface area contributed by atoms with Gasteiger partial charge >= 0.3 is 0 Å². The van der Waals surface area contributed by atoms with Crippen LogP contribution < -0.4 is 4.83 Å². The molecule has 0 aliphatic heterocycles. The Morgan fingerprint density at radius 2 is 1.62 bits per heavy atom. The fraction of sp³-hybridized carbons (Fsp3) is 0.133. The number of benzene rings is 2. The first-order chi connectivity index (χ1) is 9.88. The summed E-state index contributed by atoms with van der Waals surface area (Å²) in [5.41, 5.74) is 2.35. The van der Waals surface area contributed by atoms with Crippen molar-refractivity contribution in [1.82, 2.24) is 4.83 Å². The quantitative estimate of drug-likeness (QED) is 0.693. The van der Waals surface area contributed by atoms with Crippen molar-refractivity contribution in [2.24, 2.45) is 5.10 Å². The highest BCUT2D eigenvalue weighted by Gasteiger charge is 2.12. The molecule has 0 radical (unpaired) electrons. The minimum Gasteiger partial charge on any atom is -0.200 e. The molecule has 2 aromatic rings. The highest BCUT2D eigenvalue weighted by atomic mass is 35.5. The molecule has 1 N–H and O–H groups in total. The van der Waals surface area contributed by atoms with Crippen molar-refractivity contribution >= 4 is 27.3 Å². The molecule has 2 rings (SSSR count). The minimum absolute atomic E-state index is 0.181. The van der Waals surface area contributed by atoms with E-state index in [9.17, 15) is 8.42 Å². The summed E-state index contributed by atoms with van der Waals surface area (Å²) >= 11 is 5.81. The van der Waals surface area contributed by atoms with Gasteiger partial charge in [0.15, 0.2) is 0 Å². The number of rotatable bonds is 4. The van der Waals surface area contributed by atoms with Crippen molar-refractivity contribution in [1.29, 1.82) is 0 Å². The summed E-state index contributed by atoms with van der Waals surface area (Å²) in [5.74, 6) is 0. The molecular weight excluding hydrogens is 308 g/mol. The Bertz CT molecular complexity index is 751. The normalized spacial score (nSPS) is 12.2. The predicted molar refractivity (Wildman–Crippen MR) is 85.2 cm³/mol. The maximum atomic E-state index is 12.1. The zero-order chi connectivity index (χ0) is 15.5. The number of aryl methyl sites for hydroxylation is 1. The summed E-state index contributed by atoms with van der Waals surface area (Å²) in [4.78, 5) is 2.42. The zero-order valence-electron chi connectivity index (χ0n) is 11.7. The average Bonchev–Trinajstić information content (AvgIpc) is 2.46. The van der Waals surface area contributed by atoms with Crippen molar-refractivity contribution in [3.05, 3.63) is 64.7 Å². The van der Waals surface area contributed by atoms with Crippen LogP contribution in [0.3, 0.4) is 0 Å². The molecule has 0 unspecified atom stereocenters. The molecule has 0 saturated heterocycles. The third-order valence-corrected chi connectivity index (χ3v) is 4.40. The van der Waals surface area contributed by atoms with Gasteiger partial charge in [0, 0.05) is 5.02 Å². The summed E-state index contributed by atoms with van der Waals surface area (Å²) in [6.07, 6.45) is 0. The Balaban J connectivity index is 2.18. The first-order valence-corrected chi connectivity index (χ1v) is 8.13. The molecular formula is C15H15ClN2O2S. The lowest BCUT2D eigenvalue weighted by Crippen LogP contribution is -2.19. The van der Waals surface area contributed by atoms with Crippen molar-refractivity contribution in [3.63, 3.8) is 0 Å². The van der Waals surface area contributed by atoms with Gasteiger partial charge in [-0.2, -0.15) is 18.4 Å². The Morgan fingerprint density at radius 1 is 1.05 bits per heavy atom. The molecule has 0 atom stereocenters. The number of sulfonamides is 1. The second-order valence-electron chi connectivity index (χ2n) is 4.61. The molecule has 110 valence electrons. The SMILES string of the molecule is CC(=NNS(=O)(=O)c1ccc(C)cc1)c1ccc(Cl)cc1. The van der Waals surface area contributed by atoms with Gasteiger partial charge in [-0.15, -0.1) is 0 Å². The maximum Gasteiger partial charge on any atom is 0.276 e. The minimum atomic E-state index is -3.65. The molecule has 0 fully saturated rings. The Kier molecular flexibility index (Phi) is 4.65. The van der Waals surface area contributed by atoms with E-state index in [1.807, 2.05) is 6.92 Å². The fourth-order valence-corrected chi connectivity index (χ4v) is 2.64. The van der Waals surface area contributed by atoms with E-state index < -0.39 is 10.0 Å². The van der Waals surface area contributed by atoms with Gasteiger partial charge in [-0.3, -0.25) is 0 Å². The Labute approximate surface area is 129 Å². The van der Waals surface area contributed by atoms with Crippen LogP contribution in [-0.2, 0) is 10.0 Å². The summed E-state index contributed by atoms with van der Waals surface area (Å²) in [5, 5.41) is 4.55. The summed E-state index contributed by atoms with van der Waals surface area (Å²) in [7, 11) is -3.65. The lowest BCUT2D eigenvalue weighted by molar-refractivity contribution is 0.584. The third-order valence-electron chi connectivity index (χ3n) is 2.93. The number of nitrogens with one attached hydrogen (secondary N) is 1. The lowest BCUT2D eigenvalue weighted by Gasteiger charge is -2.06. The summed E-state index contributed by atoms with van der Waals surface area (Å²) in [6.45, 7) is 3.62.